The third-order valence-electron chi connectivity index (χ3n) is 13.8. The maximum Gasteiger partial charge on any atom is 0.338 e. The van der Waals surface area contributed by atoms with E-state index in [1.165, 1.54) is 26.0 Å². The molecular formula is C48H53NO14. The van der Waals surface area contributed by atoms with Gasteiger partial charge in [-0.25, -0.2) is 9.59 Å². The monoisotopic (exact) mass is 867 g/mol. The Hall–Kier alpha value is -5.74. The number of fused-ring (bicyclic) bond motifs is 5. The van der Waals surface area contributed by atoms with Gasteiger partial charge in [0, 0.05) is 37.7 Å². The quantitative estimate of drug-likeness (QED) is 0.128. The van der Waals surface area contributed by atoms with Crippen molar-refractivity contribution in [1.29, 1.82) is 0 Å². The lowest BCUT2D eigenvalue weighted by atomic mass is 9.44. The summed E-state index contributed by atoms with van der Waals surface area (Å²) in [6.45, 7) is 9.81. The minimum Gasteiger partial charge on any atom is -0.456 e. The van der Waals surface area contributed by atoms with Crippen molar-refractivity contribution in [2.24, 2.45) is 16.7 Å². The Balaban J connectivity index is 1.39. The number of nitrogens with one attached hydrogen (secondary N) is 1. The molecule has 1 aliphatic heterocycles. The van der Waals surface area contributed by atoms with E-state index in [9.17, 15) is 39.3 Å². The molecule has 4 aliphatic rings. The third-order valence-corrected chi connectivity index (χ3v) is 13.8. The van der Waals surface area contributed by atoms with Crippen LogP contribution >= 0.6 is 0 Å². The second-order valence-corrected chi connectivity index (χ2v) is 17.9. The van der Waals surface area contributed by atoms with Gasteiger partial charge in [0.15, 0.2) is 23.6 Å². The van der Waals surface area contributed by atoms with Gasteiger partial charge in [0.25, 0.3) is 5.91 Å². The maximum atomic E-state index is 15.5. The molecule has 63 heavy (non-hydrogen) atoms. The van der Waals surface area contributed by atoms with Gasteiger partial charge in [0.05, 0.1) is 35.6 Å². The molecule has 15 heteroatoms. The molecule has 7 rings (SSSR count). The van der Waals surface area contributed by atoms with Crippen molar-refractivity contribution in [2.45, 2.75) is 115 Å². The molecule has 334 valence electrons. The van der Waals surface area contributed by atoms with E-state index in [2.05, 4.69) is 5.32 Å². The molecule has 3 aromatic carbocycles. The number of hydrogen-bond donors (Lipinski definition) is 4. The summed E-state index contributed by atoms with van der Waals surface area (Å²) in [6, 6.07) is 21.5. The fourth-order valence-corrected chi connectivity index (χ4v) is 10.3. The van der Waals surface area contributed by atoms with Crippen molar-refractivity contribution in [3.63, 3.8) is 0 Å². The summed E-state index contributed by atoms with van der Waals surface area (Å²) in [5.41, 5.74) is -6.19. The number of ether oxygens (including phenoxy) is 5. The van der Waals surface area contributed by atoms with Gasteiger partial charge in [-0.05, 0) is 61.7 Å². The number of benzene rings is 3. The molecular weight excluding hydrogens is 815 g/mol. The lowest BCUT2D eigenvalue weighted by molar-refractivity contribution is -0.346. The van der Waals surface area contributed by atoms with Gasteiger partial charge in [-0.15, -0.1) is 0 Å². The average Bonchev–Trinajstić information content (AvgIpc) is 3.24. The van der Waals surface area contributed by atoms with Gasteiger partial charge in [-0.2, -0.15) is 0 Å². The molecule has 3 aromatic rings. The Morgan fingerprint density at radius 2 is 1.44 bits per heavy atom. The van der Waals surface area contributed by atoms with Crippen LogP contribution in [-0.2, 0) is 42.9 Å². The van der Waals surface area contributed by atoms with Gasteiger partial charge < -0.3 is 44.3 Å². The Bertz CT molecular complexity index is 2330. The number of aliphatic hydroxyl groups is 3. The highest BCUT2D eigenvalue weighted by Gasteiger charge is 2.78. The second-order valence-electron chi connectivity index (χ2n) is 17.9. The summed E-state index contributed by atoms with van der Waals surface area (Å²) in [5, 5.41) is 40.3. The SMILES string of the molecule is CC(=O)O[C@H]1C(=O)[C@]2(C)[C@@H](O)CC3OC[C@@]3(OC(C)=O)[C@H]2[C@H](OC(=O)c2ccc(C)cc2)[C@]2(O)C[C@H](OC(=O)[C@H](O)[C@@H](NC(=O)c3ccccc3)c3ccccc3)C(C)=C1C2(C)C. The molecule has 0 spiro atoms. The number of hydrogen-bond acceptors (Lipinski definition) is 14. The summed E-state index contributed by atoms with van der Waals surface area (Å²) in [7, 11) is 0. The summed E-state index contributed by atoms with van der Waals surface area (Å²) in [4.78, 5) is 83.7. The number of ketones is 1. The minimum absolute atomic E-state index is 0.00231. The fraction of sp³-hybridized carbons (Fsp3) is 0.458. The number of esters is 4. The first-order chi connectivity index (χ1) is 29.7. The number of Topliss-reactive ketones (excluding diaryl/α,β-unsaturated/α-hetero) is 1. The van der Waals surface area contributed by atoms with Crippen LogP contribution in [0.3, 0.4) is 0 Å². The average molecular weight is 868 g/mol. The molecule has 0 radical (unpaired) electrons. The van der Waals surface area contributed by atoms with Crippen molar-refractivity contribution in [3.05, 3.63) is 118 Å². The standard InChI is InChI=1S/C48H53NO14/c1-25-18-20-31(21-19-25)43(56)62-41-39-46(7,33(52)22-34-47(39,24-59-34)63-28(4)51)40(54)38(60-27(3)50)35-26(2)32(23-48(41,58)45(35,5)6)61-44(57)37(53)36(29-14-10-8-11-15-29)49-42(55)30-16-12-9-13-17-30/h8-21,32-34,36-39,41,52-53,58H,22-24H2,1-7H3,(H,49,55)/t32-,33-,34?,36-,37+,38+,39-,41-,46+,47-,48+/m0/s1. The molecule has 15 nitrogen and oxygen atoms in total. The second kappa shape index (κ2) is 16.8. The molecule has 1 saturated heterocycles. The van der Waals surface area contributed by atoms with Crippen LogP contribution in [0.15, 0.2) is 96.1 Å². The highest BCUT2D eigenvalue weighted by molar-refractivity contribution is 5.96. The highest BCUT2D eigenvalue weighted by Crippen LogP contribution is 2.64. The topological polar surface area (TPSA) is 221 Å². The zero-order chi connectivity index (χ0) is 45.8. The van der Waals surface area contributed by atoms with Crippen molar-refractivity contribution in [2.75, 3.05) is 6.61 Å². The van der Waals surface area contributed by atoms with E-state index in [4.69, 9.17) is 23.7 Å². The van der Waals surface area contributed by atoms with Crippen LogP contribution < -0.4 is 5.32 Å². The Morgan fingerprint density at radius 1 is 0.825 bits per heavy atom. The molecule has 3 fully saturated rings. The van der Waals surface area contributed by atoms with E-state index in [0.29, 0.717) is 5.56 Å². The Kier molecular flexibility index (Phi) is 12.0. The largest absolute Gasteiger partial charge is 0.456 e. The van der Waals surface area contributed by atoms with Crippen molar-refractivity contribution >= 4 is 35.6 Å². The summed E-state index contributed by atoms with van der Waals surface area (Å²) in [5.74, 6) is -6.84. The Labute approximate surface area is 364 Å². The van der Waals surface area contributed by atoms with E-state index in [1.807, 2.05) is 6.92 Å². The molecule has 0 aromatic heterocycles. The van der Waals surface area contributed by atoms with Gasteiger partial charge >= 0.3 is 23.9 Å². The highest BCUT2D eigenvalue weighted by atomic mass is 16.6. The third kappa shape index (κ3) is 7.64. The zero-order valence-electron chi connectivity index (χ0n) is 36.2. The van der Waals surface area contributed by atoms with E-state index >= 15 is 4.79 Å². The number of aryl methyl sites for hydroxylation is 1. The summed E-state index contributed by atoms with van der Waals surface area (Å²) >= 11 is 0. The minimum atomic E-state index is -2.40. The first-order valence-electron chi connectivity index (χ1n) is 20.9. The number of carbonyl (C=O) groups is 6. The molecule has 4 N–H and O–H groups in total. The van der Waals surface area contributed by atoms with Crippen LogP contribution in [0, 0.1) is 23.7 Å². The zero-order valence-corrected chi connectivity index (χ0v) is 36.2. The van der Waals surface area contributed by atoms with Gasteiger partial charge in [-0.3, -0.25) is 19.2 Å². The maximum absolute atomic E-state index is 15.5. The number of rotatable bonds is 10. The van der Waals surface area contributed by atoms with Crippen LogP contribution in [0.2, 0.25) is 0 Å². The Morgan fingerprint density at radius 3 is 2.02 bits per heavy atom. The van der Waals surface area contributed by atoms with E-state index < -0.39 is 113 Å². The number of amides is 1. The van der Waals surface area contributed by atoms with Crippen LogP contribution in [0.5, 0.6) is 0 Å². The molecule has 1 amide bonds. The van der Waals surface area contributed by atoms with Gasteiger partial charge in [-0.1, -0.05) is 80.1 Å². The van der Waals surface area contributed by atoms with Crippen LogP contribution in [0.25, 0.3) is 0 Å². The number of carbonyl (C=O) groups excluding carboxylic acids is 6. The van der Waals surface area contributed by atoms with Gasteiger partial charge in [0.2, 0.25) is 0 Å². The normalized spacial score (nSPS) is 31.6. The smallest absolute Gasteiger partial charge is 0.338 e. The molecule has 3 aliphatic carbocycles. The van der Waals surface area contributed by atoms with E-state index in [-0.39, 0.29) is 35.3 Å². The first-order valence-corrected chi connectivity index (χ1v) is 20.9. The number of aliphatic hydroxyl groups excluding tert-OH is 2. The van der Waals surface area contributed by atoms with Crippen molar-refractivity contribution in [1.82, 2.24) is 5.32 Å². The summed E-state index contributed by atoms with van der Waals surface area (Å²) in [6.07, 6.45) is -10.5. The van der Waals surface area contributed by atoms with Gasteiger partial charge in [0.1, 0.15) is 23.9 Å². The van der Waals surface area contributed by atoms with Crippen molar-refractivity contribution < 1.29 is 67.8 Å². The first kappa shape index (κ1) is 45.3. The molecule has 11 atom stereocenters. The summed E-state index contributed by atoms with van der Waals surface area (Å²) < 4.78 is 30.4. The van der Waals surface area contributed by atoms with E-state index in [0.717, 1.165) is 19.4 Å². The molecule has 2 saturated carbocycles. The molecule has 1 unspecified atom stereocenters. The predicted octanol–water partition coefficient (Wildman–Crippen LogP) is 4.04. The predicted molar refractivity (Wildman–Crippen MR) is 222 cm³/mol. The molecule has 1 heterocycles. The fourth-order valence-electron chi connectivity index (χ4n) is 10.3. The van der Waals surface area contributed by atoms with Crippen LogP contribution in [0.4, 0.5) is 0 Å². The van der Waals surface area contributed by atoms with Crippen LogP contribution in [-0.4, -0.2) is 105 Å². The van der Waals surface area contributed by atoms with E-state index in [1.54, 1.807) is 86.6 Å². The van der Waals surface area contributed by atoms with Crippen molar-refractivity contribution in [3.8, 4) is 0 Å². The lowest BCUT2D eigenvalue weighted by Crippen LogP contribution is -2.82. The van der Waals surface area contributed by atoms with Crippen LogP contribution in [0.1, 0.15) is 92.3 Å². The lowest BCUT2D eigenvalue weighted by Gasteiger charge is -2.67. The molecule has 2 bridgehead atoms.